The van der Waals surface area contributed by atoms with Crippen LogP contribution in [0.15, 0.2) is 5.16 Å². The zero-order valence-corrected chi connectivity index (χ0v) is 17.5. The topological polar surface area (TPSA) is 87.6 Å². The van der Waals surface area contributed by atoms with E-state index < -0.39 is 5.60 Å². The molecule has 0 radical (unpaired) electrons. The number of likely N-dealkylation sites (tertiary alicyclic amines) is 1. The van der Waals surface area contributed by atoms with Gasteiger partial charge in [0.15, 0.2) is 5.16 Å². The Kier molecular flexibility index (Phi) is 6.63. The van der Waals surface area contributed by atoms with Crippen molar-refractivity contribution < 1.29 is 14.6 Å². The monoisotopic (exact) mass is 402 g/mol. The second kappa shape index (κ2) is 8.19. The third-order valence-corrected chi connectivity index (χ3v) is 4.89. The lowest BCUT2D eigenvalue weighted by molar-refractivity contribution is 0.0287. The SMILES string of the molecule is CSc1nc(Cl)c(CCO)c(N[C@@]2(C)CCN(C(=O)OC(C)(C)C)C2)n1. The molecule has 26 heavy (non-hydrogen) atoms. The molecule has 1 amide bonds. The first kappa shape index (κ1) is 21.1. The van der Waals surface area contributed by atoms with Crippen LogP contribution in [0.2, 0.25) is 5.15 Å². The number of amides is 1. The van der Waals surface area contributed by atoms with Crippen molar-refractivity contribution in [2.24, 2.45) is 0 Å². The number of carbonyl (C=O) groups excluding carboxylic acids is 1. The predicted molar refractivity (Wildman–Crippen MR) is 104 cm³/mol. The van der Waals surface area contributed by atoms with Gasteiger partial charge in [0.2, 0.25) is 0 Å². The van der Waals surface area contributed by atoms with E-state index >= 15 is 0 Å². The van der Waals surface area contributed by atoms with E-state index in [4.69, 9.17) is 16.3 Å². The zero-order valence-electron chi connectivity index (χ0n) is 15.9. The fraction of sp³-hybridized carbons (Fsp3) is 0.706. The number of carbonyl (C=O) groups is 1. The molecule has 2 N–H and O–H groups in total. The summed E-state index contributed by atoms with van der Waals surface area (Å²) < 4.78 is 5.46. The van der Waals surface area contributed by atoms with Crippen molar-refractivity contribution >= 4 is 35.3 Å². The van der Waals surface area contributed by atoms with Crippen molar-refractivity contribution in [3.63, 3.8) is 0 Å². The number of ether oxygens (including phenoxy) is 1. The van der Waals surface area contributed by atoms with Crippen molar-refractivity contribution in [3.8, 4) is 0 Å². The highest BCUT2D eigenvalue weighted by Crippen LogP contribution is 2.31. The summed E-state index contributed by atoms with van der Waals surface area (Å²) in [5, 5.41) is 13.7. The molecule has 0 aromatic carbocycles. The minimum absolute atomic E-state index is 0.0445. The van der Waals surface area contributed by atoms with Gasteiger partial charge in [-0.2, -0.15) is 0 Å². The second-order valence-electron chi connectivity index (χ2n) is 7.64. The van der Waals surface area contributed by atoms with Gasteiger partial charge in [0.25, 0.3) is 0 Å². The van der Waals surface area contributed by atoms with Crippen molar-refractivity contribution in [1.29, 1.82) is 0 Å². The van der Waals surface area contributed by atoms with Crippen molar-refractivity contribution in [3.05, 3.63) is 10.7 Å². The lowest BCUT2D eigenvalue weighted by Gasteiger charge is -2.29. The summed E-state index contributed by atoms with van der Waals surface area (Å²) >= 11 is 7.67. The average Bonchev–Trinajstić information content (AvgIpc) is 2.91. The van der Waals surface area contributed by atoms with Gasteiger partial charge in [-0.25, -0.2) is 14.8 Å². The first-order valence-electron chi connectivity index (χ1n) is 8.54. The molecule has 7 nitrogen and oxygen atoms in total. The minimum Gasteiger partial charge on any atom is -0.444 e. The minimum atomic E-state index is -0.523. The Balaban J connectivity index is 2.18. The predicted octanol–water partition coefficient (Wildman–Crippen LogP) is 3.20. The second-order valence-corrected chi connectivity index (χ2v) is 8.77. The van der Waals surface area contributed by atoms with Crippen LogP contribution in [0.5, 0.6) is 0 Å². The zero-order chi connectivity index (χ0) is 19.5. The summed E-state index contributed by atoms with van der Waals surface area (Å²) in [4.78, 5) is 22.8. The number of nitrogens with one attached hydrogen (secondary N) is 1. The Bertz CT molecular complexity index is 668. The Labute approximate surface area is 163 Å². The van der Waals surface area contributed by atoms with E-state index in [1.165, 1.54) is 11.8 Å². The van der Waals surface area contributed by atoms with E-state index in [1.54, 1.807) is 4.90 Å². The lowest BCUT2D eigenvalue weighted by atomic mass is 10.0. The van der Waals surface area contributed by atoms with Gasteiger partial charge in [-0.05, 0) is 40.4 Å². The Hall–Kier alpha value is -1.25. The molecule has 1 atom stereocenters. The van der Waals surface area contributed by atoms with Crippen LogP contribution >= 0.6 is 23.4 Å². The molecule has 1 aromatic rings. The summed E-state index contributed by atoms with van der Waals surface area (Å²) in [6, 6.07) is 0. The molecule has 1 saturated heterocycles. The highest BCUT2D eigenvalue weighted by Gasteiger charge is 2.38. The molecule has 2 rings (SSSR count). The van der Waals surface area contributed by atoms with E-state index in [9.17, 15) is 9.90 Å². The molecule has 1 aliphatic rings. The molecule has 2 heterocycles. The van der Waals surface area contributed by atoms with Crippen LogP contribution in [0.3, 0.4) is 0 Å². The number of aromatic nitrogens is 2. The number of halogens is 1. The quantitative estimate of drug-likeness (QED) is 0.444. The van der Waals surface area contributed by atoms with Crippen LogP contribution in [0, 0.1) is 0 Å². The third-order valence-electron chi connectivity index (χ3n) is 4.03. The van der Waals surface area contributed by atoms with E-state index in [0.29, 0.717) is 41.2 Å². The maximum Gasteiger partial charge on any atom is 0.410 e. The summed E-state index contributed by atoms with van der Waals surface area (Å²) in [5.74, 6) is 0.608. The summed E-state index contributed by atoms with van der Waals surface area (Å²) in [6.45, 7) is 8.65. The van der Waals surface area contributed by atoms with Crippen LogP contribution in [0.1, 0.15) is 39.7 Å². The number of rotatable bonds is 5. The van der Waals surface area contributed by atoms with Crippen LogP contribution in [0.25, 0.3) is 0 Å². The number of aliphatic hydroxyl groups excluding tert-OH is 1. The lowest BCUT2D eigenvalue weighted by Crippen LogP contribution is -2.42. The Morgan fingerprint density at radius 2 is 2.15 bits per heavy atom. The van der Waals surface area contributed by atoms with Gasteiger partial charge < -0.3 is 20.1 Å². The number of hydrogen-bond acceptors (Lipinski definition) is 7. The molecule has 0 aliphatic carbocycles. The Morgan fingerprint density at radius 1 is 1.46 bits per heavy atom. The Morgan fingerprint density at radius 3 is 2.73 bits per heavy atom. The smallest absolute Gasteiger partial charge is 0.410 e. The third kappa shape index (κ3) is 5.37. The molecular weight excluding hydrogens is 376 g/mol. The van der Waals surface area contributed by atoms with Crippen molar-refractivity contribution in [2.45, 2.75) is 56.8 Å². The van der Waals surface area contributed by atoms with E-state index in [-0.39, 0.29) is 18.2 Å². The number of anilines is 1. The van der Waals surface area contributed by atoms with E-state index in [1.807, 2.05) is 34.0 Å². The molecule has 9 heteroatoms. The normalized spacial score (nSPS) is 20.3. The molecule has 0 spiro atoms. The van der Waals surface area contributed by atoms with Gasteiger partial charge in [0, 0.05) is 31.7 Å². The van der Waals surface area contributed by atoms with Crippen molar-refractivity contribution in [1.82, 2.24) is 14.9 Å². The molecule has 146 valence electrons. The molecular formula is C17H27ClN4O3S. The summed E-state index contributed by atoms with van der Waals surface area (Å²) in [5.41, 5.74) is -0.205. The standard InChI is InChI=1S/C17H27ClN4O3S/c1-16(2,3)25-15(24)22-8-7-17(4,10-22)21-13-11(6-9-23)12(18)19-14(20-13)26-5/h23H,6-10H2,1-5H3,(H,19,20,21)/t17-/m0/s1. The fourth-order valence-corrected chi connectivity index (χ4v) is 3.48. The maximum absolute atomic E-state index is 12.3. The number of nitrogens with zero attached hydrogens (tertiary/aromatic N) is 3. The number of thioether (sulfide) groups is 1. The molecule has 1 aliphatic heterocycles. The fourth-order valence-electron chi connectivity index (χ4n) is 2.80. The van der Waals surface area contributed by atoms with Gasteiger partial charge in [-0.15, -0.1) is 0 Å². The molecule has 0 saturated carbocycles. The van der Waals surface area contributed by atoms with E-state index in [2.05, 4.69) is 15.3 Å². The molecule has 1 fully saturated rings. The van der Waals surface area contributed by atoms with Crippen LogP contribution in [-0.2, 0) is 11.2 Å². The summed E-state index contributed by atoms with van der Waals surface area (Å²) in [7, 11) is 0. The average molecular weight is 403 g/mol. The number of aliphatic hydroxyl groups is 1. The van der Waals surface area contributed by atoms with Gasteiger partial charge >= 0.3 is 6.09 Å². The van der Waals surface area contributed by atoms with Gasteiger partial charge in [-0.1, -0.05) is 23.4 Å². The van der Waals surface area contributed by atoms with Crippen LogP contribution in [0.4, 0.5) is 10.6 Å². The molecule has 0 bridgehead atoms. The summed E-state index contributed by atoms with van der Waals surface area (Å²) in [6.07, 6.45) is 2.68. The van der Waals surface area contributed by atoms with Gasteiger partial charge in [-0.3, -0.25) is 0 Å². The molecule has 0 unspecified atom stereocenters. The van der Waals surface area contributed by atoms with E-state index in [0.717, 1.165) is 6.42 Å². The first-order valence-corrected chi connectivity index (χ1v) is 10.1. The largest absolute Gasteiger partial charge is 0.444 e. The highest BCUT2D eigenvalue weighted by atomic mass is 35.5. The molecule has 1 aromatic heterocycles. The van der Waals surface area contributed by atoms with Crippen LogP contribution < -0.4 is 5.32 Å². The van der Waals surface area contributed by atoms with Crippen LogP contribution in [-0.4, -0.2) is 63.2 Å². The highest BCUT2D eigenvalue weighted by molar-refractivity contribution is 7.98. The van der Waals surface area contributed by atoms with Gasteiger partial charge in [0.1, 0.15) is 16.6 Å². The number of hydrogen-bond donors (Lipinski definition) is 2. The van der Waals surface area contributed by atoms with Gasteiger partial charge in [0.05, 0.1) is 5.54 Å². The van der Waals surface area contributed by atoms with Crippen molar-refractivity contribution in [2.75, 3.05) is 31.3 Å². The first-order chi connectivity index (χ1) is 12.1. The maximum atomic E-state index is 12.3.